The van der Waals surface area contributed by atoms with Gasteiger partial charge in [0.1, 0.15) is 4.21 Å². The zero-order valence-electron chi connectivity index (χ0n) is 13.4. The lowest BCUT2D eigenvalue weighted by atomic mass is 10.3. The smallest absolute Gasteiger partial charge is 0.252 e. The van der Waals surface area contributed by atoms with Crippen LogP contribution in [0.4, 0.5) is 0 Å². The van der Waals surface area contributed by atoms with E-state index in [1.807, 2.05) is 12.1 Å². The van der Waals surface area contributed by atoms with Crippen LogP contribution in [0.15, 0.2) is 55.1 Å². The molecular weight excluding hydrogens is 362 g/mol. The molecule has 0 atom stereocenters. The van der Waals surface area contributed by atoms with E-state index >= 15 is 0 Å². The van der Waals surface area contributed by atoms with Crippen molar-refractivity contribution in [1.82, 2.24) is 14.4 Å². The van der Waals surface area contributed by atoms with Crippen molar-refractivity contribution in [3.8, 4) is 11.5 Å². The van der Waals surface area contributed by atoms with Gasteiger partial charge in [0.2, 0.25) is 5.76 Å². The number of nitrogens with zero attached hydrogens (tertiary/aromatic N) is 3. The Kier molecular flexibility index (Phi) is 4.46. The number of aromatic nitrogens is 1. The van der Waals surface area contributed by atoms with Gasteiger partial charge < -0.3 is 8.94 Å². The molecule has 0 amide bonds. The van der Waals surface area contributed by atoms with Crippen LogP contribution >= 0.6 is 11.3 Å². The van der Waals surface area contributed by atoms with Crippen molar-refractivity contribution < 1.29 is 17.4 Å². The Morgan fingerprint density at radius 3 is 2.64 bits per heavy atom. The van der Waals surface area contributed by atoms with E-state index in [0.29, 0.717) is 48.5 Å². The topological polar surface area (TPSA) is 79.8 Å². The number of thiophene rings is 1. The number of hydrogen-bond acceptors (Lipinski definition) is 7. The third-order valence-electron chi connectivity index (χ3n) is 4.13. The van der Waals surface area contributed by atoms with Crippen LogP contribution in [-0.2, 0) is 16.6 Å². The number of sulfonamides is 1. The maximum atomic E-state index is 12.5. The fraction of sp³-hybridized carbons (Fsp3) is 0.312. The summed E-state index contributed by atoms with van der Waals surface area (Å²) >= 11 is 1.25. The van der Waals surface area contributed by atoms with Crippen LogP contribution in [0, 0.1) is 0 Å². The fourth-order valence-corrected chi connectivity index (χ4v) is 5.38. The maximum absolute atomic E-state index is 12.5. The van der Waals surface area contributed by atoms with Gasteiger partial charge in [-0.25, -0.2) is 8.42 Å². The number of hydrogen-bond donors (Lipinski definition) is 0. The SMILES string of the molecule is O=S(=O)(c1cccs1)N1CCN(Cc2cc(-c3ccco3)on2)CC1. The first-order valence-corrected chi connectivity index (χ1v) is 10.2. The van der Waals surface area contributed by atoms with Crippen LogP contribution in [-0.4, -0.2) is 49.0 Å². The predicted molar refractivity (Wildman–Crippen MR) is 92.6 cm³/mol. The van der Waals surface area contributed by atoms with Crippen molar-refractivity contribution in [2.45, 2.75) is 10.8 Å². The summed E-state index contributed by atoms with van der Waals surface area (Å²) in [5.74, 6) is 1.24. The molecule has 9 heteroatoms. The minimum Gasteiger partial charge on any atom is -0.461 e. The van der Waals surface area contributed by atoms with Gasteiger partial charge in [-0.1, -0.05) is 11.2 Å². The molecule has 132 valence electrons. The predicted octanol–water partition coefficient (Wildman–Crippen LogP) is 2.50. The van der Waals surface area contributed by atoms with Crippen LogP contribution in [0.25, 0.3) is 11.5 Å². The zero-order chi connectivity index (χ0) is 17.3. The van der Waals surface area contributed by atoms with Crippen LogP contribution in [0.3, 0.4) is 0 Å². The van der Waals surface area contributed by atoms with E-state index < -0.39 is 10.0 Å². The first kappa shape index (κ1) is 16.5. The van der Waals surface area contributed by atoms with Crippen molar-refractivity contribution in [3.63, 3.8) is 0 Å². The lowest BCUT2D eigenvalue weighted by Gasteiger charge is -2.33. The van der Waals surface area contributed by atoms with Crippen LogP contribution in [0.1, 0.15) is 5.69 Å². The highest BCUT2D eigenvalue weighted by atomic mass is 32.2. The van der Waals surface area contributed by atoms with Gasteiger partial charge in [0.05, 0.1) is 12.0 Å². The summed E-state index contributed by atoms with van der Waals surface area (Å²) in [6, 6.07) is 8.88. The Balaban J connectivity index is 1.36. The summed E-state index contributed by atoms with van der Waals surface area (Å²) in [6.45, 7) is 2.89. The third kappa shape index (κ3) is 3.40. The zero-order valence-corrected chi connectivity index (χ0v) is 15.0. The highest BCUT2D eigenvalue weighted by Gasteiger charge is 2.29. The van der Waals surface area contributed by atoms with E-state index in [4.69, 9.17) is 8.94 Å². The summed E-state index contributed by atoms with van der Waals surface area (Å²) in [5.41, 5.74) is 0.806. The molecular formula is C16H17N3O4S2. The Bertz CT molecular complexity index is 909. The fourth-order valence-electron chi connectivity index (χ4n) is 2.82. The van der Waals surface area contributed by atoms with E-state index in [9.17, 15) is 8.42 Å². The highest BCUT2D eigenvalue weighted by molar-refractivity contribution is 7.91. The minimum absolute atomic E-state index is 0.403. The van der Waals surface area contributed by atoms with Crippen molar-refractivity contribution >= 4 is 21.4 Å². The molecule has 4 heterocycles. The standard InChI is InChI=1S/C16H17N3O4S2/c20-25(21,16-4-2-10-24-16)19-7-5-18(6-8-19)12-13-11-15(23-17-13)14-3-1-9-22-14/h1-4,9-11H,5-8,12H2. The van der Waals surface area contributed by atoms with E-state index in [-0.39, 0.29) is 0 Å². The second-order valence-electron chi connectivity index (χ2n) is 5.77. The van der Waals surface area contributed by atoms with Gasteiger partial charge in [-0.05, 0) is 23.6 Å². The molecule has 3 aromatic heterocycles. The van der Waals surface area contributed by atoms with Crippen LogP contribution < -0.4 is 0 Å². The third-order valence-corrected chi connectivity index (χ3v) is 7.40. The molecule has 0 unspecified atom stereocenters. The first-order valence-electron chi connectivity index (χ1n) is 7.88. The van der Waals surface area contributed by atoms with E-state index in [2.05, 4.69) is 10.1 Å². The van der Waals surface area contributed by atoms with Gasteiger partial charge in [0, 0.05) is 38.8 Å². The molecule has 3 aromatic rings. The monoisotopic (exact) mass is 379 g/mol. The van der Waals surface area contributed by atoms with Crippen molar-refractivity contribution in [3.05, 3.63) is 47.7 Å². The van der Waals surface area contributed by atoms with Gasteiger partial charge in [-0.3, -0.25) is 4.90 Å². The molecule has 1 saturated heterocycles. The van der Waals surface area contributed by atoms with Crippen molar-refractivity contribution in [2.24, 2.45) is 0 Å². The summed E-state index contributed by atoms with van der Waals surface area (Å²) in [6.07, 6.45) is 1.59. The second-order valence-corrected chi connectivity index (χ2v) is 8.88. The maximum Gasteiger partial charge on any atom is 0.252 e. The van der Waals surface area contributed by atoms with E-state index in [0.717, 1.165) is 5.69 Å². The lowest BCUT2D eigenvalue weighted by molar-refractivity contribution is 0.178. The average Bonchev–Trinajstić information content (AvgIpc) is 3.37. The lowest BCUT2D eigenvalue weighted by Crippen LogP contribution is -2.48. The highest BCUT2D eigenvalue weighted by Crippen LogP contribution is 2.24. The summed E-state index contributed by atoms with van der Waals surface area (Å²) in [5, 5.41) is 5.85. The normalized spacial score (nSPS) is 17.1. The molecule has 0 aromatic carbocycles. The first-order chi connectivity index (χ1) is 12.1. The molecule has 7 nitrogen and oxygen atoms in total. The van der Waals surface area contributed by atoms with Gasteiger partial charge >= 0.3 is 0 Å². The van der Waals surface area contributed by atoms with Crippen molar-refractivity contribution in [1.29, 1.82) is 0 Å². The van der Waals surface area contributed by atoms with Gasteiger partial charge in [-0.2, -0.15) is 4.31 Å². The molecule has 1 fully saturated rings. The van der Waals surface area contributed by atoms with Crippen LogP contribution in [0.2, 0.25) is 0 Å². The molecule has 25 heavy (non-hydrogen) atoms. The van der Waals surface area contributed by atoms with Crippen molar-refractivity contribution in [2.75, 3.05) is 26.2 Å². The van der Waals surface area contributed by atoms with E-state index in [1.54, 1.807) is 34.1 Å². The van der Waals surface area contributed by atoms with Crippen LogP contribution in [0.5, 0.6) is 0 Å². The summed E-state index contributed by atoms with van der Waals surface area (Å²) in [7, 11) is -3.36. The van der Waals surface area contributed by atoms with Gasteiger partial charge in [0.15, 0.2) is 5.76 Å². The Hall–Kier alpha value is -1.94. The summed E-state index contributed by atoms with van der Waals surface area (Å²) in [4.78, 5) is 2.17. The van der Waals surface area contributed by atoms with E-state index in [1.165, 1.54) is 11.3 Å². The largest absolute Gasteiger partial charge is 0.461 e. The van der Waals surface area contributed by atoms with Gasteiger partial charge in [0.25, 0.3) is 10.0 Å². The summed E-state index contributed by atoms with van der Waals surface area (Å²) < 4.78 is 37.6. The number of furan rings is 1. The molecule has 0 spiro atoms. The Morgan fingerprint density at radius 2 is 1.96 bits per heavy atom. The number of rotatable bonds is 5. The molecule has 0 aliphatic carbocycles. The Morgan fingerprint density at radius 1 is 1.12 bits per heavy atom. The second kappa shape index (κ2) is 6.75. The molecule has 0 bridgehead atoms. The minimum atomic E-state index is -3.36. The molecule has 0 saturated carbocycles. The molecule has 4 rings (SSSR count). The Labute approximate surface area is 149 Å². The molecule has 0 radical (unpaired) electrons. The quantitative estimate of drug-likeness (QED) is 0.678. The molecule has 1 aliphatic rings. The molecule has 0 N–H and O–H groups in total. The number of piperazine rings is 1. The average molecular weight is 379 g/mol. The molecule has 1 aliphatic heterocycles. The van der Waals surface area contributed by atoms with Gasteiger partial charge in [-0.15, -0.1) is 11.3 Å².